The molecule has 2 aromatic rings. The second-order valence-electron chi connectivity index (χ2n) is 6.30. The minimum absolute atomic E-state index is 0.0401. The molecule has 1 aliphatic heterocycles. The molecular weight excluding hydrogens is 308 g/mol. The van der Waals surface area contributed by atoms with E-state index in [-0.39, 0.29) is 24.2 Å². The van der Waals surface area contributed by atoms with E-state index < -0.39 is 0 Å². The number of hydrogen-bond donors (Lipinski definition) is 2. The number of imidazole rings is 1. The minimum Gasteiger partial charge on any atom is -0.464 e. The lowest BCUT2D eigenvalue weighted by Gasteiger charge is -2.30. The lowest BCUT2D eigenvalue weighted by Crippen LogP contribution is -2.45. The highest BCUT2D eigenvalue weighted by Crippen LogP contribution is 2.27. The molecule has 7 heteroatoms. The van der Waals surface area contributed by atoms with Crippen LogP contribution in [0.15, 0.2) is 29.1 Å². The predicted molar refractivity (Wildman–Crippen MR) is 88.5 cm³/mol. The van der Waals surface area contributed by atoms with Gasteiger partial charge in [-0.05, 0) is 38.8 Å². The lowest BCUT2D eigenvalue weighted by atomic mass is 10.0. The van der Waals surface area contributed by atoms with Crippen LogP contribution in [0.25, 0.3) is 0 Å². The van der Waals surface area contributed by atoms with Gasteiger partial charge >= 0.3 is 6.03 Å². The molecule has 0 unspecified atom stereocenters. The van der Waals surface area contributed by atoms with Crippen molar-refractivity contribution in [2.45, 2.75) is 44.9 Å². The molecule has 1 aliphatic rings. The number of aromatic nitrogens is 2. The van der Waals surface area contributed by atoms with Gasteiger partial charge in [0.2, 0.25) is 0 Å². The van der Waals surface area contributed by atoms with Crippen molar-refractivity contribution in [1.29, 1.82) is 0 Å². The van der Waals surface area contributed by atoms with Gasteiger partial charge in [0, 0.05) is 19.7 Å². The van der Waals surface area contributed by atoms with Gasteiger partial charge in [0.15, 0.2) is 0 Å². The maximum atomic E-state index is 12.2. The standard InChI is InChI=1S/C17H24N4O3/c1-11-4-5-15(24-11)12(2)19-17(22)20-13-6-7-23-16(8-13)14-9-18-10-21(14)3/h4-5,9-10,12-13,16H,6-8H2,1-3H3,(H2,19,20,22)/t12-,13-,16-/m0/s1. The molecule has 0 radical (unpaired) electrons. The van der Waals surface area contributed by atoms with Gasteiger partial charge in [-0.25, -0.2) is 9.78 Å². The molecule has 0 bridgehead atoms. The summed E-state index contributed by atoms with van der Waals surface area (Å²) < 4.78 is 13.3. The number of nitrogens with zero attached hydrogens (tertiary/aromatic N) is 2. The van der Waals surface area contributed by atoms with E-state index >= 15 is 0 Å². The molecule has 0 aromatic carbocycles. The molecule has 2 N–H and O–H groups in total. The van der Waals surface area contributed by atoms with E-state index in [2.05, 4.69) is 15.6 Å². The summed E-state index contributed by atoms with van der Waals surface area (Å²) in [5.41, 5.74) is 1.03. The third-order valence-corrected chi connectivity index (χ3v) is 4.34. The van der Waals surface area contributed by atoms with Crippen LogP contribution in [0, 0.1) is 6.92 Å². The Morgan fingerprint density at radius 2 is 2.29 bits per heavy atom. The molecule has 2 amide bonds. The van der Waals surface area contributed by atoms with Crippen LogP contribution in [0.1, 0.15) is 49.1 Å². The summed E-state index contributed by atoms with van der Waals surface area (Å²) in [7, 11) is 1.95. The summed E-state index contributed by atoms with van der Waals surface area (Å²) in [6.07, 6.45) is 5.07. The van der Waals surface area contributed by atoms with Crippen molar-refractivity contribution >= 4 is 6.03 Å². The van der Waals surface area contributed by atoms with Gasteiger partial charge in [0.1, 0.15) is 17.6 Å². The smallest absolute Gasteiger partial charge is 0.315 e. The van der Waals surface area contributed by atoms with Crippen molar-refractivity contribution in [3.05, 3.63) is 41.9 Å². The average molecular weight is 332 g/mol. The zero-order chi connectivity index (χ0) is 17.1. The van der Waals surface area contributed by atoms with E-state index in [0.29, 0.717) is 6.61 Å². The van der Waals surface area contributed by atoms with Crippen LogP contribution in [-0.4, -0.2) is 28.2 Å². The predicted octanol–water partition coefficient (Wildman–Crippen LogP) is 2.60. The maximum absolute atomic E-state index is 12.2. The first-order valence-electron chi connectivity index (χ1n) is 8.24. The molecule has 130 valence electrons. The second-order valence-corrected chi connectivity index (χ2v) is 6.30. The van der Waals surface area contributed by atoms with E-state index in [9.17, 15) is 4.79 Å². The summed E-state index contributed by atoms with van der Waals surface area (Å²) >= 11 is 0. The van der Waals surface area contributed by atoms with Crippen LogP contribution >= 0.6 is 0 Å². The van der Waals surface area contributed by atoms with Crippen molar-refractivity contribution in [1.82, 2.24) is 20.2 Å². The zero-order valence-electron chi connectivity index (χ0n) is 14.3. The van der Waals surface area contributed by atoms with Crippen molar-refractivity contribution in [3.63, 3.8) is 0 Å². The van der Waals surface area contributed by atoms with E-state index in [1.54, 1.807) is 6.33 Å². The first kappa shape index (κ1) is 16.6. The largest absolute Gasteiger partial charge is 0.464 e. The number of amides is 2. The summed E-state index contributed by atoms with van der Waals surface area (Å²) in [6.45, 7) is 4.41. The van der Waals surface area contributed by atoms with Crippen LogP contribution < -0.4 is 10.6 Å². The third-order valence-electron chi connectivity index (χ3n) is 4.34. The van der Waals surface area contributed by atoms with Crippen molar-refractivity contribution < 1.29 is 13.9 Å². The van der Waals surface area contributed by atoms with Gasteiger partial charge in [-0.1, -0.05) is 0 Å². The zero-order valence-corrected chi connectivity index (χ0v) is 14.3. The van der Waals surface area contributed by atoms with E-state index in [1.807, 2.05) is 43.8 Å². The third kappa shape index (κ3) is 3.79. The van der Waals surface area contributed by atoms with Gasteiger partial charge in [-0.3, -0.25) is 0 Å². The van der Waals surface area contributed by atoms with E-state index in [1.165, 1.54) is 0 Å². The number of nitrogens with one attached hydrogen (secondary N) is 2. The highest BCUT2D eigenvalue weighted by Gasteiger charge is 2.27. The Morgan fingerprint density at radius 3 is 2.96 bits per heavy atom. The summed E-state index contributed by atoms with van der Waals surface area (Å²) in [5.74, 6) is 1.59. The normalized spacial score (nSPS) is 22.1. The molecular formula is C17H24N4O3. The fourth-order valence-corrected chi connectivity index (χ4v) is 2.99. The molecule has 7 nitrogen and oxygen atoms in total. The Labute approximate surface area is 141 Å². The summed E-state index contributed by atoms with van der Waals surface area (Å²) in [4.78, 5) is 16.4. The molecule has 0 spiro atoms. The van der Waals surface area contributed by atoms with Gasteiger partial charge in [-0.15, -0.1) is 0 Å². The Hall–Kier alpha value is -2.28. The Bertz CT molecular complexity index is 694. The summed E-state index contributed by atoms with van der Waals surface area (Å²) in [5, 5.41) is 5.95. The van der Waals surface area contributed by atoms with Crippen molar-refractivity contribution in [2.75, 3.05) is 6.61 Å². The molecule has 3 rings (SSSR count). The number of hydrogen-bond acceptors (Lipinski definition) is 4. The monoisotopic (exact) mass is 332 g/mol. The fraction of sp³-hybridized carbons (Fsp3) is 0.529. The van der Waals surface area contributed by atoms with Gasteiger partial charge in [0.05, 0.1) is 24.3 Å². The molecule has 0 aliphatic carbocycles. The van der Waals surface area contributed by atoms with Crippen molar-refractivity contribution in [2.24, 2.45) is 7.05 Å². The topological polar surface area (TPSA) is 81.3 Å². The fourth-order valence-electron chi connectivity index (χ4n) is 2.99. The van der Waals surface area contributed by atoms with Crippen LogP contribution in [0.5, 0.6) is 0 Å². The number of furan rings is 1. The molecule has 3 atom stereocenters. The molecule has 1 saturated heterocycles. The number of rotatable bonds is 4. The van der Waals surface area contributed by atoms with E-state index in [0.717, 1.165) is 30.1 Å². The highest BCUT2D eigenvalue weighted by atomic mass is 16.5. The van der Waals surface area contributed by atoms with Gasteiger partial charge < -0.3 is 24.4 Å². The molecule has 1 fully saturated rings. The highest BCUT2D eigenvalue weighted by molar-refractivity contribution is 5.74. The first-order valence-corrected chi connectivity index (χ1v) is 8.24. The number of urea groups is 1. The SMILES string of the molecule is Cc1ccc([C@H](C)NC(=O)N[C@H]2CCO[C@H](c3cncn3C)C2)o1. The van der Waals surface area contributed by atoms with Gasteiger partial charge in [0.25, 0.3) is 0 Å². The number of carbonyl (C=O) groups excluding carboxylic acids is 1. The second kappa shape index (κ2) is 7.09. The Balaban J connectivity index is 1.53. The summed E-state index contributed by atoms with van der Waals surface area (Å²) in [6, 6.07) is 3.48. The van der Waals surface area contributed by atoms with Gasteiger partial charge in [-0.2, -0.15) is 0 Å². The average Bonchev–Trinajstić information content (AvgIpc) is 3.16. The molecule has 24 heavy (non-hydrogen) atoms. The lowest BCUT2D eigenvalue weighted by molar-refractivity contribution is -0.00182. The minimum atomic E-state index is -0.188. The number of ether oxygens (including phenoxy) is 1. The number of carbonyl (C=O) groups is 1. The quantitative estimate of drug-likeness (QED) is 0.902. The maximum Gasteiger partial charge on any atom is 0.315 e. The van der Waals surface area contributed by atoms with Crippen LogP contribution in [0.4, 0.5) is 4.79 Å². The molecule has 0 saturated carbocycles. The Kier molecular flexibility index (Phi) is 4.89. The van der Waals surface area contributed by atoms with E-state index in [4.69, 9.17) is 9.15 Å². The Morgan fingerprint density at radius 1 is 1.46 bits per heavy atom. The van der Waals surface area contributed by atoms with Crippen molar-refractivity contribution in [3.8, 4) is 0 Å². The molecule has 2 aromatic heterocycles. The number of aryl methyl sites for hydroxylation is 2. The van der Waals surface area contributed by atoms with Crippen LogP contribution in [0.2, 0.25) is 0 Å². The van der Waals surface area contributed by atoms with Crippen LogP contribution in [-0.2, 0) is 11.8 Å². The first-order chi connectivity index (χ1) is 11.5. The van der Waals surface area contributed by atoms with Crippen LogP contribution in [0.3, 0.4) is 0 Å². The molecule has 3 heterocycles.